The molecule has 3 aromatic heterocycles. The van der Waals surface area contributed by atoms with Crippen molar-refractivity contribution in [1.82, 2.24) is 14.1 Å². The van der Waals surface area contributed by atoms with Gasteiger partial charge in [0.15, 0.2) is 0 Å². The summed E-state index contributed by atoms with van der Waals surface area (Å²) in [6.07, 6.45) is 1.90. The van der Waals surface area contributed by atoms with Gasteiger partial charge in [0.2, 0.25) is 0 Å². The van der Waals surface area contributed by atoms with E-state index >= 15 is 0 Å². The molecule has 6 aromatic carbocycles. The molecule has 0 aliphatic rings. The van der Waals surface area contributed by atoms with E-state index in [1.54, 1.807) is 0 Å². The van der Waals surface area contributed by atoms with Gasteiger partial charge in [-0.1, -0.05) is 109 Å². The molecule has 0 radical (unpaired) electrons. The van der Waals surface area contributed by atoms with Gasteiger partial charge < -0.3 is 9.13 Å². The smallest absolute Gasteiger partial charge is 0.0969 e. The molecule has 206 valence electrons. The maximum absolute atomic E-state index is 4.96. The van der Waals surface area contributed by atoms with E-state index in [9.17, 15) is 0 Å². The first-order chi connectivity index (χ1) is 21.9. The number of nitrogens with zero attached hydrogens (tertiary/aromatic N) is 3. The molecule has 0 aliphatic heterocycles. The number of para-hydroxylation sites is 3. The molecule has 9 aromatic rings. The minimum atomic E-state index is 1.01. The first kappa shape index (κ1) is 24.6. The molecule has 3 heterocycles. The van der Waals surface area contributed by atoms with Crippen LogP contribution in [-0.2, 0) is 0 Å². The zero-order chi connectivity index (χ0) is 29.0. The number of rotatable bonds is 4. The van der Waals surface area contributed by atoms with Crippen LogP contribution in [0.2, 0.25) is 0 Å². The highest BCUT2D eigenvalue weighted by atomic mass is 15.0. The highest BCUT2D eigenvalue weighted by molar-refractivity contribution is 6.19. The molecule has 0 saturated carbocycles. The minimum Gasteiger partial charge on any atom is -0.309 e. The average molecular weight is 562 g/mol. The van der Waals surface area contributed by atoms with Gasteiger partial charge in [-0.3, -0.25) is 4.98 Å². The highest BCUT2D eigenvalue weighted by Crippen LogP contribution is 2.43. The van der Waals surface area contributed by atoms with Crippen molar-refractivity contribution in [2.45, 2.75) is 0 Å². The van der Waals surface area contributed by atoms with Crippen molar-refractivity contribution in [3.8, 4) is 33.6 Å². The van der Waals surface area contributed by atoms with Crippen LogP contribution in [0.1, 0.15) is 0 Å². The van der Waals surface area contributed by atoms with E-state index in [1.165, 1.54) is 44.1 Å². The zero-order valence-electron chi connectivity index (χ0n) is 23.9. The zero-order valence-corrected chi connectivity index (χ0v) is 23.9. The lowest BCUT2D eigenvalue weighted by molar-refractivity contribution is 1.17. The molecule has 0 amide bonds. The number of hydrogen-bond donors (Lipinski definition) is 0. The lowest BCUT2D eigenvalue weighted by atomic mass is 9.98. The third kappa shape index (κ3) is 3.66. The summed E-state index contributed by atoms with van der Waals surface area (Å²) in [5, 5.41) is 3.64. The largest absolute Gasteiger partial charge is 0.309 e. The van der Waals surface area contributed by atoms with Crippen LogP contribution in [0.3, 0.4) is 0 Å². The fourth-order valence-electron chi connectivity index (χ4n) is 6.89. The summed E-state index contributed by atoms with van der Waals surface area (Å²) in [5.74, 6) is 0. The molecule has 9 rings (SSSR count). The molecule has 0 N–H and O–H groups in total. The van der Waals surface area contributed by atoms with Crippen molar-refractivity contribution in [2.75, 3.05) is 0 Å². The second-order valence-electron chi connectivity index (χ2n) is 11.2. The first-order valence-corrected chi connectivity index (χ1v) is 15.0. The quantitative estimate of drug-likeness (QED) is 0.210. The Morgan fingerprint density at radius 1 is 0.386 bits per heavy atom. The van der Waals surface area contributed by atoms with Gasteiger partial charge in [-0.25, -0.2) is 0 Å². The Balaban J connectivity index is 1.36. The van der Waals surface area contributed by atoms with Gasteiger partial charge in [0.25, 0.3) is 0 Å². The van der Waals surface area contributed by atoms with E-state index in [0.29, 0.717) is 0 Å². The van der Waals surface area contributed by atoms with Gasteiger partial charge in [0.05, 0.1) is 27.6 Å². The molecule has 0 saturated heterocycles. The second kappa shape index (κ2) is 9.82. The van der Waals surface area contributed by atoms with E-state index in [-0.39, 0.29) is 0 Å². The third-order valence-electron chi connectivity index (χ3n) is 8.78. The summed E-state index contributed by atoms with van der Waals surface area (Å²) < 4.78 is 4.76. The van der Waals surface area contributed by atoms with Gasteiger partial charge in [0, 0.05) is 39.3 Å². The summed E-state index contributed by atoms with van der Waals surface area (Å²) in [6.45, 7) is 0. The van der Waals surface area contributed by atoms with Gasteiger partial charge in [-0.05, 0) is 65.2 Å². The molecule has 44 heavy (non-hydrogen) atoms. The summed E-state index contributed by atoms with van der Waals surface area (Å²) >= 11 is 0. The standard InChI is InChI=1S/C41H27N3/c1-3-12-28(13-4-1)29-23-25-31(26-24-29)44-36-20-8-7-16-32(36)34-18-9-19-35(41(34)44)33-17-10-21-37-39(33)40-38(22-11-27-42-40)43(37)30-14-5-2-6-15-30/h1-27H. The monoisotopic (exact) mass is 561 g/mol. The Morgan fingerprint density at radius 3 is 1.84 bits per heavy atom. The van der Waals surface area contributed by atoms with Crippen molar-refractivity contribution in [3.63, 3.8) is 0 Å². The molecular weight excluding hydrogens is 534 g/mol. The van der Waals surface area contributed by atoms with Crippen LogP contribution < -0.4 is 0 Å². The Kier molecular flexibility index (Phi) is 5.50. The fraction of sp³-hybridized carbons (Fsp3) is 0. The van der Waals surface area contributed by atoms with Crippen LogP contribution >= 0.6 is 0 Å². The van der Waals surface area contributed by atoms with E-state index in [0.717, 1.165) is 33.3 Å². The summed E-state index contributed by atoms with van der Waals surface area (Å²) in [6, 6.07) is 56.4. The second-order valence-corrected chi connectivity index (χ2v) is 11.2. The topological polar surface area (TPSA) is 22.8 Å². The lowest BCUT2D eigenvalue weighted by Crippen LogP contribution is -1.96. The fourth-order valence-corrected chi connectivity index (χ4v) is 6.89. The van der Waals surface area contributed by atoms with Crippen molar-refractivity contribution < 1.29 is 0 Å². The third-order valence-corrected chi connectivity index (χ3v) is 8.78. The van der Waals surface area contributed by atoms with Gasteiger partial charge in [-0.15, -0.1) is 0 Å². The highest BCUT2D eigenvalue weighted by Gasteiger charge is 2.21. The molecule has 3 nitrogen and oxygen atoms in total. The van der Waals surface area contributed by atoms with Crippen molar-refractivity contribution in [1.29, 1.82) is 0 Å². The molecule has 0 fully saturated rings. The van der Waals surface area contributed by atoms with E-state index in [1.807, 2.05) is 12.3 Å². The Bertz CT molecular complexity index is 2470. The SMILES string of the molecule is c1ccc(-c2ccc(-n3c4ccccc4c4cccc(-c5cccc6c5c5ncccc5n6-c5ccccc5)c43)cc2)cc1. The van der Waals surface area contributed by atoms with Crippen LogP contribution in [-0.4, -0.2) is 14.1 Å². The number of aromatic nitrogens is 3. The summed E-state index contributed by atoms with van der Waals surface area (Å²) in [7, 11) is 0. The summed E-state index contributed by atoms with van der Waals surface area (Å²) in [5.41, 5.74) is 12.7. The van der Waals surface area contributed by atoms with Crippen LogP contribution in [0.4, 0.5) is 0 Å². The number of benzene rings is 6. The predicted octanol–water partition coefficient (Wildman–Crippen LogP) is 10.6. The molecular formula is C41H27N3. The minimum absolute atomic E-state index is 1.01. The normalized spacial score (nSPS) is 11.6. The van der Waals surface area contributed by atoms with Crippen LogP contribution in [0.25, 0.3) is 77.4 Å². The van der Waals surface area contributed by atoms with Crippen LogP contribution in [0.15, 0.2) is 164 Å². The molecule has 0 unspecified atom stereocenters. The van der Waals surface area contributed by atoms with Gasteiger partial charge >= 0.3 is 0 Å². The van der Waals surface area contributed by atoms with Crippen LogP contribution in [0, 0.1) is 0 Å². The van der Waals surface area contributed by atoms with Crippen LogP contribution in [0.5, 0.6) is 0 Å². The maximum atomic E-state index is 4.96. The Morgan fingerprint density at radius 2 is 1.00 bits per heavy atom. The molecule has 0 aliphatic carbocycles. The van der Waals surface area contributed by atoms with Crippen molar-refractivity contribution in [3.05, 3.63) is 164 Å². The number of pyridine rings is 1. The van der Waals surface area contributed by atoms with Gasteiger partial charge in [0.1, 0.15) is 0 Å². The summed E-state index contributed by atoms with van der Waals surface area (Å²) in [4.78, 5) is 4.96. The lowest BCUT2D eigenvalue weighted by Gasteiger charge is -2.14. The number of hydrogen-bond acceptors (Lipinski definition) is 1. The molecule has 0 atom stereocenters. The Labute approximate surface area is 254 Å². The van der Waals surface area contributed by atoms with E-state index in [4.69, 9.17) is 4.98 Å². The average Bonchev–Trinajstić information content (AvgIpc) is 3.62. The van der Waals surface area contributed by atoms with Gasteiger partial charge in [-0.2, -0.15) is 0 Å². The first-order valence-electron chi connectivity index (χ1n) is 15.0. The van der Waals surface area contributed by atoms with E-state index in [2.05, 4.69) is 161 Å². The molecule has 3 heteroatoms. The number of fused-ring (bicyclic) bond motifs is 6. The Hall–Kier alpha value is -5.93. The van der Waals surface area contributed by atoms with Crippen molar-refractivity contribution >= 4 is 43.7 Å². The predicted molar refractivity (Wildman–Crippen MR) is 184 cm³/mol. The van der Waals surface area contributed by atoms with Crippen molar-refractivity contribution in [2.24, 2.45) is 0 Å². The van der Waals surface area contributed by atoms with E-state index < -0.39 is 0 Å². The maximum Gasteiger partial charge on any atom is 0.0969 e. The molecule has 0 spiro atoms. The molecule has 0 bridgehead atoms.